The zero-order valence-corrected chi connectivity index (χ0v) is 10.5. The summed E-state index contributed by atoms with van der Waals surface area (Å²) >= 11 is 0. The van der Waals surface area contributed by atoms with Gasteiger partial charge in [-0.15, -0.1) is 0 Å². The quantitative estimate of drug-likeness (QED) is 0.460. The number of rotatable bonds is 5. The van der Waals surface area contributed by atoms with Crippen LogP contribution in [0, 0.1) is 0 Å². The first kappa shape index (κ1) is 12.1. The Morgan fingerprint density at radius 3 is 2.88 bits per heavy atom. The minimum absolute atomic E-state index is 0.713. The van der Waals surface area contributed by atoms with Gasteiger partial charge in [-0.2, -0.15) is 0 Å². The Morgan fingerprint density at radius 2 is 2.12 bits per heavy atom. The van der Waals surface area contributed by atoms with Crippen LogP contribution in [-0.4, -0.2) is 29.7 Å². The van der Waals surface area contributed by atoms with Crippen LogP contribution in [0.1, 0.15) is 5.56 Å². The summed E-state index contributed by atoms with van der Waals surface area (Å²) in [7, 11) is 4.15. The summed E-state index contributed by atoms with van der Waals surface area (Å²) in [4.78, 5) is 2.17. The lowest BCUT2D eigenvalue weighted by atomic mass is 10.1. The number of likely N-dealkylation sites (N-methyl/N-ethyl adjacent to an activating group) is 1. The molecule has 92 valence electrons. The summed E-state index contributed by atoms with van der Waals surface area (Å²) in [5.41, 5.74) is 5.36. The molecule has 1 aromatic carbocycles. The van der Waals surface area contributed by atoms with E-state index >= 15 is 0 Å². The van der Waals surface area contributed by atoms with Gasteiger partial charge in [0.15, 0.2) is 0 Å². The van der Waals surface area contributed by atoms with Gasteiger partial charge < -0.3 is 4.57 Å². The fourth-order valence-electron chi connectivity index (χ4n) is 2.17. The predicted octanol–water partition coefficient (Wildman–Crippen LogP) is 1.07. The zero-order valence-electron chi connectivity index (χ0n) is 10.5. The molecule has 0 unspecified atom stereocenters. The number of nitrogens with two attached hydrogens (primary N) is 1. The van der Waals surface area contributed by atoms with E-state index in [4.69, 9.17) is 5.84 Å². The van der Waals surface area contributed by atoms with E-state index in [9.17, 15) is 0 Å². The molecule has 0 spiro atoms. The molecule has 1 heterocycles. The van der Waals surface area contributed by atoms with Crippen LogP contribution in [0.2, 0.25) is 0 Å². The molecule has 0 atom stereocenters. The van der Waals surface area contributed by atoms with Crippen molar-refractivity contribution in [3.63, 3.8) is 0 Å². The molecule has 1 aromatic heterocycles. The van der Waals surface area contributed by atoms with Gasteiger partial charge in [0.05, 0.1) is 6.67 Å². The van der Waals surface area contributed by atoms with Gasteiger partial charge in [-0.1, -0.05) is 18.2 Å². The molecule has 0 radical (unpaired) electrons. The van der Waals surface area contributed by atoms with Crippen molar-refractivity contribution in [2.24, 2.45) is 12.9 Å². The summed E-state index contributed by atoms with van der Waals surface area (Å²) < 4.78 is 2.19. The molecule has 17 heavy (non-hydrogen) atoms. The maximum absolute atomic E-state index is 5.30. The van der Waals surface area contributed by atoms with Crippen molar-refractivity contribution in [2.75, 3.05) is 20.3 Å². The first-order valence-electron chi connectivity index (χ1n) is 5.87. The number of benzene rings is 1. The second-order valence-electron chi connectivity index (χ2n) is 4.47. The number of hydrogen-bond donors (Lipinski definition) is 2. The Hall–Kier alpha value is -1.36. The van der Waals surface area contributed by atoms with Gasteiger partial charge in [0.1, 0.15) is 0 Å². The third-order valence-electron chi connectivity index (χ3n) is 3.10. The van der Waals surface area contributed by atoms with E-state index in [2.05, 4.69) is 59.5 Å². The topological polar surface area (TPSA) is 46.2 Å². The Labute approximate surface area is 102 Å². The molecule has 4 heteroatoms. The monoisotopic (exact) mass is 232 g/mol. The molecule has 2 rings (SSSR count). The number of aromatic nitrogens is 1. The smallest absolute Gasteiger partial charge is 0.0610 e. The second-order valence-corrected chi connectivity index (χ2v) is 4.47. The van der Waals surface area contributed by atoms with Crippen molar-refractivity contribution in [2.45, 2.75) is 6.42 Å². The van der Waals surface area contributed by atoms with Crippen molar-refractivity contribution >= 4 is 10.9 Å². The van der Waals surface area contributed by atoms with Gasteiger partial charge in [0.25, 0.3) is 0 Å². The molecule has 0 saturated heterocycles. The average molecular weight is 232 g/mol. The van der Waals surface area contributed by atoms with E-state index in [0.29, 0.717) is 6.67 Å². The van der Waals surface area contributed by atoms with E-state index in [1.807, 2.05) is 0 Å². The standard InChI is InChI=1S/C13H20N4/c1-16(10-15-14)8-7-11-9-17(2)13-6-4-3-5-12(11)13/h3-6,9,15H,7-8,10,14H2,1-2H3. The van der Waals surface area contributed by atoms with E-state index < -0.39 is 0 Å². The summed E-state index contributed by atoms with van der Waals surface area (Å²) in [6, 6.07) is 8.52. The largest absolute Gasteiger partial charge is 0.350 e. The first-order chi connectivity index (χ1) is 8.22. The molecule has 3 N–H and O–H groups in total. The minimum Gasteiger partial charge on any atom is -0.350 e. The van der Waals surface area contributed by atoms with Crippen molar-refractivity contribution in [3.8, 4) is 0 Å². The highest BCUT2D eigenvalue weighted by molar-refractivity contribution is 5.83. The molecule has 2 aromatic rings. The minimum atomic E-state index is 0.713. The average Bonchev–Trinajstić information content (AvgIpc) is 2.65. The van der Waals surface area contributed by atoms with Gasteiger partial charge >= 0.3 is 0 Å². The molecule has 0 bridgehead atoms. The van der Waals surface area contributed by atoms with Crippen LogP contribution in [0.15, 0.2) is 30.5 Å². The highest BCUT2D eigenvalue weighted by Gasteiger charge is 2.06. The molecule has 0 amide bonds. The van der Waals surface area contributed by atoms with Crippen molar-refractivity contribution in [3.05, 3.63) is 36.0 Å². The first-order valence-corrected chi connectivity index (χ1v) is 5.87. The predicted molar refractivity (Wildman–Crippen MR) is 71.4 cm³/mol. The van der Waals surface area contributed by atoms with Gasteiger partial charge in [-0.25, -0.2) is 5.43 Å². The molecule has 0 fully saturated rings. The van der Waals surface area contributed by atoms with E-state index in [-0.39, 0.29) is 0 Å². The molecule has 0 aliphatic rings. The van der Waals surface area contributed by atoms with Gasteiger partial charge in [0, 0.05) is 30.7 Å². The summed E-state index contributed by atoms with van der Waals surface area (Å²) in [6.45, 7) is 1.71. The number of hydrazine groups is 1. The van der Waals surface area contributed by atoms with Crippen molar-refractivity contribution in [1.82, 2.24) is 14.9 Å². The lowest BCUT2D eigenvalue weighted by Crippen LogP contribution is -2.36. The fraction of sp³-hybridized carbons (Fsp3) is 0.385. The SMILES string of the molecule is CN(CCc1cn(C)c2ccccc12)CNN. The highest BCUT2D eigenvalue weighted by atomic mass is 15.3. The van der Waals surface area contributed by atoms with Crippen LogP contribution in [-0.2, 0) is 13.5 Å². The third-order valence-corrected chi connectivity index (χ3v) is 3.10. The lowest BCUT2D eigenvalue weighted by molar-refractivity contribution is 0.313. The Kier molecular flexibility index (Phi) is 3.78. The van der Waals surface area contributed by atoms with Crippen molar-refractivity contribution in [1.29, 1.82) is 0 Å². The second kappa shape index (κ2) is 5.31. The maximum Gasteiger partial charge on any atom is 0.0610 e. The van der Waals surface area contributed by atoms with E-state index in [1.165, 1.54) is 16.5 Å². The van der Waals surface area contributed by atoms with Crippen LogP contribution in [0.3, 0.4) is 0 Å². The fourth-order valence-corrected chi connectivity index (χ4v) is 2.17. The van der Waals surface area contributed by atoms with E-state index in [0.717, 1.165) is 13.0 Å². The highest BCUT2D eigenvalue weighted by Crippen LogP contribution is 2.20. The van der Waals surface area contributed by atoms with Crippen LogP contribution in [0.25, 0.3) is 10.9 Å². The molecule has 4 nitrogen and oxygen atoms in total. The number of nitrogens with zero attached hydrogens (tertiary/aromatic N) is 2. The molecular formula is C13H20N4. The molecule has 0 saturated carbocycles. The summed E-state index contributed by atoms with van der Waals surface area (Å²) in [6.07, 6.45) is 3.26. The molecule has 0 aliphatic carbocycles. The van der Waals surface area contributed by atoms with Crippen LogP contribution < -0.4 is 11.3 Å². The molecule has 0 aliphatic heterocycles. The number of nitrogens with one attached hydrogen (secondary N) is 1. The van der Waals surface area contributed by atoms with Gasteiger partial charge in [-0.3, -0.25) is 10.7 Å². The number of aryl methyl sites for hydroxylation is 1. The van der Waals surface area contributed by atoms with Gasteiger partial charge in [0.2, 0.25) is 0 Å². The van der Waals surface area contributed by atoms with Crippen LogP contribution in [0.5, 0.6) is 0 Å². The van der Waals surface area contributed by atoms with Gasteiger partial charge in [-0.05, 0) is 25.1 Å². The lowest BCUT2D eigenvalue weighted by Gasteiger charge is -2.14. The van der Waals surface area contributed by atoms with Crippen LogP contribution in [0.4, 0.5) is 0 Å². The number of para-hydroxylation sites is 1. The summed E-state index contributed by atoms with van der Waals surface area (Å²) in [5, 5.41) is 1.35. The number of fused-ring (bicyclic) bond motifs is 1. The Morgan fingerprint density at radius 1 is 1.35 bits per heavy atom. The van der Waals surface area contributed by atoms with E-state index in [1.54, 1.807) is 0 Å². The molecular weight excluding hydrogens is 212 g/mol. The van der Waals surface area contributed by atoms with Crippen LogP contribution >= 0.6 is 0 Å². The summed E-state index contributed by atoms with van der Waals surface area (Å²) in [5.74, 6) is 5.30. The zero-order chi connectivity index (χ0) is 12.3. The third kappa shape index (κ3) is 2.66. The van der Waals surface area contributed by atoms with Crippen molar-refractivity contribution < 1.29 is 0 Å². The maximum atomic E-state index is 5.30. The normalized spacial score (nSPS) is 11.5. The Balaban J connectivity index is 2.13. The number of hydrogen-bond acceptors (Lipinski definition) is 3. The Bertz CT molecular complexity index is 489.